The highest BCUT2D eigenvalue weighted by Gasteiger charge is 2.16. The third kappa shape index (κ3) is 4.57. The first-order valence-electron chi connectivity index (χ1n) is 6.15. The molecule has 0 spiro atoms. The van der Waals surface area contributed by atoms with Gasteiger partial charge in [0.2, 0.25) is 15.9 Å². The minimum absolute atomic E-state index is 0.197. The van der Waals surface area contributed by atoms with Crippen LogP contribution in [0.3, 0.4) is 0 Å². The maximum atomic E-state index is 11.9. The number of hydrogen-bond donors (Lipinski definition) is 1. The van der Waals surface area contributed by atoms with Crippen LogP contribution in [-0.4, -0.2) is 38.5 Å². The number of anilines is 1. The van der Waals surface area contributed by atoms with Crippen LogP contribution in [0.2, 0.25) is 0 Å². The van der Waals surface area contributed by atoms with Crippen LogP contribution >= 0.6 is 15.9 Å². The molecule has 0 unspecified atom stereocenters. The fraction of sp³-hybridized carbons (Fsp3) is 0.462. The summed E-state index contributed by atoms with van der Waals surface area (Å²) in [5.74, 6) is -0.349. The quantitative estimate of drug-likeness (QED) is 0.872. The molecular weight excluding hydrogens is 344 g/mol. The van der Waals surface area contributed by atoms with Crippen LogP contribution in [-0.2, 0) is 21.2 Å². The van der Waals surface area contributed by atoms with E-state index in [-0.39, 0.29) is 12.5 Å². The summed E-state index contributed by atoms with van der Waals surface area (Å²) in [7, 11) is -1.98. The number of amides is 1. The predicted molar refractivity (Wildman–Crippen MR) is 84.4 cm³/mol. The van der Waals surface area contributed by atoms with Gasteiger partial charge >= 0.3 is 0 Å². The average Bonchev–Trinajstić information content (AvgIpc) is 2.30. The zero-order chi connectivity index (χ0) is 15.5. The molecule has 7 heteroatoms. The monoisotopic (exact) mass is 362 g/mol. The Kier molecular flexibility index (Phi) is 5.73. The summed E-state index contributed by atoms with van der Waals surface area (Å²) in [6, 6.07) is 3.86. The summed E-state index contributed by atoms with van der Waals surface area (Å²) < 4.78 is 24.6. The highest BCUT2D eigenvalue weighted by atomic mass is 79.9. The molecule has 1 aromatic rings. The fourth-order valence-electron chi connectivity index (χ4n) is 1.77. The number of carbonyl (C=O) groups excluding carboxylic acids is 1. The van der Waals surface area contributed by atoms with E-state index in [1.54, 1.807) is 0 Å². The molecule has 20 heavy (non-hydrogen) atoms. The van der Waals surface area contributed by atoms with Gasteiger partial charge in [0.15, 0.2) is 0 Å². The van der Waals surface area contributed by atoms with Gasteiger partial charge in [-0.2, -0.15) is 4.31 Å². The topological polar surface area (TPSA) is 66.5 Å². The Balaban J connectivity index is 2.91. The maximum absolute atomic E-state index is 11.9. The van der Waals surface area contributed by atoms with Gasteiger partial charge in [0.05, 0.1) is 12.8 Å². The van der Waals surface area contributed by atoms with Gasteiger partial charge in [0.1, 0.15) is 0 Å². The van der Waals surface area contributed by atoms with Gasteiger partial charge in [-0.3, -0.25) is 4.79 Å². The molecule has 112 valence electrons. The van der Waals surface area contributed by atoms with E-state index in [2.05, 4.69) is 21.2 Å². The Labute approximate surface area is 128 Å². The fourth-order valence-corrected chi connectivity index (χ4v) is 2.74. The molecule has 0 bridgehead atoms. The zero-order valence-corrected chi connectivity index (χ0v) is 14.4. The molecule has 0 atom stereocenters. The molecule has 0 saturated heterocycles. The van der Waals surface area contributed by atoms with E-state index >= 15 is 0 Å². The third-order valence-corrected chi connectivity index (χ3v) is 4.68. The smallest absolute Gasteiger partial charge is 0.239 e. The van der Waals surface area contributed by atoms with Crippen molar-refractivity contribution in [2.45, 2.75) is 20.3 Å². The Morgan fingerprint density at radius 3 is 2.50 bits per heavy atom. The Hall–Kier alpha value is -0.920. The van der Waals surface area contributed by atoms with Crippen LogP contribution in [0.25, 0.3) is 0 Å². The van der Waals surface area contributed by atoms with E-state index < -0.39 is 10.0 Å². The van der Waals surface area contributed by atoms with Crippen molar-refractivity contribution in [3.63, 3.8) is 0 Å². The molecule has 0 aliphatic heterocycles. The lowest BCUT2D eigenvalue weighted by atomic mass is 10.1. The standard InChI is InChI=1S/C13H19BrN2O3S/c1-5-10-7-11(14)6-9(2)13(10)15-12(17)8-16(3)20(4,18)19/h6-7H,5,8H2,1-4H3,(H,15,17). The van der Waals surface area contributed by atoms with Crippen molar-refractivity contribution in [1.29, 1.82) is 0 Å². The molecule has 0 radical (unpaired) electrons. The van der Waals surface area contributed by atoms with Gasteiger partial charge < -0.3 is 5.32 Å². The third-order valence-electron chi connectivity index (χ3n) is 2.96. The van der Waals surface area contributed by atoms with Crippen LogP contribution in [0, 0.1) is 6.92 Å². The summed E-state index contributed by atoms with van der Waals surface area (Å²) in [4.78, 5) is 11.9. The number of sulfonamides is 1. The predicted octanol–water partition coefficient (Wildman–Crippen LogP) is 2.15. The number of rotatable bonds is 5. The van der Waals surface area contributed by atoms with Crippen molar-refractivity contribution in [1.82, 2.24) is 4.31 Å². The SMILES string of the molecule is CCc1cc(Br)cc(C)c1NC(=O)CN(C)S(C)(=O)=O. The van der Waals surface area contributed by atoms with Crippen molar-refractivity contribution >= 4 is 37.5 Å². The molecule has 0 aromatic heterocycles. The lowest BCUT2D eigenvalue weighted by Crippen LogP contribution is -2.34. The first kappa shape index (κ1) is 17.1. The number of halogens is 1. The van der Waals surface area contributed by atoms with E-state index in [0.717, 1.165) is 38.3 Å². The molecule has 0 fully saturated rings. The largest absolute Gasteiger partial charge is 0.324 e. The van der Waals surface area contributed by atoms with E-state index in [1.807, 2.05) is 26.0 Å². The number of nitrogens with zero attached hydrogens (tertiary/aromatic N) is 1. The summed E-state index contributed by atoms with van der Waals surface area (Å²) >= 11 is 3.42. The first-order valence-corrected chi connectivity index (χ1v) is 8.79. The van der Waals surface area contributed by atoms with E-state index in [1.165, 1.54) is 7.05 Å². The van der Waals surface area contributed by atoms with Crippen LogP contribution < -0.4 is 5.32 Å². The molecule has 0 saturated carbocycles. The Bertz CT molecular complexity index is 614. The summed E-state index contributed by atoms with van der Waals surface area (Å²) in [5, 5.41) is 2.79. The number of aryl methyl sites for hydroxylation is 2. The molecule has 1 amide bonds. The normalized spacial score (nSPS) is 11.7. The summed E-state index contributed by atoms with van der Waals surface area (Å²) in [5.41, 5.74) is 2.70. The number of hydrogen-bond acceptors (Lipinski definition) is 3. The van der Waals surface area contributed by atoms with Crippen molar-refractivity contribution in [3.05, 3.63) is 27.7 Å². The minimum atomic E-state index is -3.36. The van der Waals surface area contributed by atoms with Gasteiger partial charge in [-0.25, -0.2) is 8.42 Å². The highest BCUT2D eigenvalue weighted by molar-refractivity contribution is 9.10. The lowest BCUT2D eigenvalue weighted by molar-refractivity contribution is -0.116. The van der Waals surface area contributed by atoms with Gasteiger partial charge in [-0.05, 0) is 36.6 Å². The molecule has 0 aliphatic rings. The second kappa shape index (κ2) is 6.69. The molecule has 5 nitrogen and oxygen atoms in total. The molecule has 1 N–H and O–H groups in total. The van der Waals surface area contributed by atoms with Crippen LogP contribution in [0.4, 0.5) is 5.69 Å². The first-order chi connectivity index (χ1) is 9.15. The van der Waals surface area contributed by atoms with Crippen LogP contribution in [0.1, 0.15) is 18.1 Å². The maximum Gasteiger partial charge on any atom is 0.239 e. The minimum Gasteiger partial charge on any atom is -0.324 e. The summed E-state index contributed by atoms with van der Waals surface area (Å²) in [6.45, 7) is 3.71. The molecule has 1 aromatic carbocycles. The van der Waals surface area contributed by atoms with Gasteiger partial charge in [0.25, 0.3) is 0 Å². The summed E-state index contributed by atoms with van der Waals surface area (Å²) in [6.07, 6.45) is 1.85. The Morgan fingerprint density at radius 1 is 1.40 bits per heavy atom. The number of carbonyl (C=O) groups is 1. The van der Waals surface area contributed by atoms with Gasteiger partial charge in [0, 0.05) is 17.2 Å². The van der Waals surface area contributed by atoms with Crippen molar-refractivity contribution in [2.24, 2.45) is 0 Å². The van der Waals surface area contributed by atoms with Gasteiger partial charge in [-0.15, -0.1) is 0 Å². The second-order valence-electron chi connectivity index (χ2n) is 4.68. The van der Waals surface area contributed by atoms with Crippen LogP contribution in [0.5, 0.6) is 0 Å². The second-order valence-corrected chi connectivity index (χ2v) is 7.68. The lowest BCUT2D eigenvalue weighted by Gasteiger charge is -2.17. The Morgan fingerprint density at radius 2 is 2.00 bits per heavy atom. The molecule has 0 heterocycles. The van der Waals surface area contributed by atoms with Crippen molar-refractivity contribution < 1.29 is 13.2 Å². The van der Waals surface area contributed by atoms with Crippen molar-refractivity contribution in [3.8, 4) is 0 Å². The molecule has 0 aliphatic carbocycles. The van der Waals surface area contributed by atoms with E-state index in [4.69, 9.17) is 0 Å². The molecule has 1 rings (SSSR count). The number of nitrogens with one attached hydrogen (secondary N) is 1. The van der Waals surface area contributed by atoms with E-state index in [0.29, 0.717) is 0 Å². The number of likely N-dealkylation sites (N-methyl/N-ethyl adjacent to an activating group) is 1. The average molecular weight is 363 g/mol. The van der Waals surface area contributed by atoms with Crippen LogP contribution in [0.15, 0.2) is 16.6 Å². The van der Waals surface area contributed by atoms with E-state index in [9.17, 15) is 13.2 Å². The van der Waals surface area contributed by atoms with Gasteiger partial charge in [-0.1, -0.05) is 22.9 Å². The highest BCUT2D eigenvalue weighted by Crippen LogP contribution is 2.26. The zero-order valence-electron chi connectivity index (χ0n) is 12.0. The van der Waals surface area contributed by atoms with Crippen molar-refractivity contribution in [2.75, 3.05) is 25.2 Å². The molecular formula is C13H19BrN2O3S. The number of benzene rings is 1.